The normalized spacial score (nSPS) is 9.58. The van der Waals surface area contributed by atoms with Gasteiger partial charge in [0.25, 0.3) is 0 Å². The third-order valence-electron chi connectivity index (χ3n) is 1.76. The SMILES string of the molecule is CNc1cc(OC)ccc1CO. The maximum Gasteiger partial charge on any atom is 0.120 e. The second-order valence-electron chi connectivity index (χ2n) is 2.43. The predicted molar refractivity (Wildman–Crippen MR) is 48.5 cm³/mol. The number of methoxy groups -OCH3 is 1. The lowest BCUT2D eigenvalue weighted by Gasteiger charge is -2.08. The second-order valence-corrected chi connectivity index (χ2v) is 2.43. The van der Waals surface area contributed by atoms with Gasteiger partial charge < -0.3 is 15.2 Å². The van der Waals surface area contributed by atoms with E-state index in [0.717, 1.165) is 17.0 Å². The van der Waals surface area contributed by atoms with Crippen LogP contribution in [-0.2, 0) is 6.61 Å². The van der Waals surface area contributed by atoms with E-state index in [1.165, 1.54) is 0 Å². The lowest BCUT2D eigenvalue weighted by Crippen LogP contribution is -1.96. The van der Waals surface area contributed by atoms with Gasteiger partial charge in [-0.1, -0.05) is 6.07 Å². The molecular formula is C9H13NO2. The Morgan fingerprint density at radius 1 is 1.50 bits per heavy atom. The summed E-state index contributed by atoms with van der Waals surface area (Å²) in [6.07, 6.45) is 0. The van der Waals surface area contributed by atoms with Crippen LogP contribution in [0.3, 0.4) is 0 Å². The Morgan fingerprint density at radius 2 is 2.25 bits per heavy atom. The van der Waals surface area contributed by atoms with Gasteiger partial charge in [0.15, 0.2) is 0 Å². The van der Waals surface area contributed by atoms with E-state index < -0.39 is 0 Å². The van der Waals surface area contributed by atoms with E-state index in [0.29, 0.717) is 0 Å². The summed E-state index contributed by atoms with van der Waals surface area (Å²) in [7, 11) is 3.43. The lowest BCUT2D eigenvalue weighted by molar-refractivity contribution is 0.282. The van der Waals surface area contributed by atoms with Crippen molar-refractivity contribution >= 4 is 5.69 Å². The molecule has 0 saturated carbocycles. The molecule has 1 aromatic rings. The molecule has 2 N–H and O–H groups in total. The maximum atomic E-state index is 8.93. The third-order valence-corrected chi connectivity index (χ3v) is 1.76. The van der Waals surface area contributed by atoms with Crippen molar-refractivity contribution < 1.29 is 9.84 Å². The highest BCUT2D eigenvalue weighted by molar-refractivity contribution is 5.54. The number of ether oxygens (including phenoxy) is 1. The fraction of sp³-hybridized carbons (Fsp3) is 0.333. The zero-order valence-electron chi connectivity index (χ0n) is 7.29. The number of aliphatic hydroxyl groups excluding tert-OH is 1. The van der Waals surface area contributed by atoms with Crippen LogP contribution in [0.25, 0.3) is 0 Å². The van der Waals surface area contributed by atoms with E-state index in [-0.39, 0.29) is 6.61 Å². The molecule has 0 saturated heterocycles. The average Bonchev–Trinajstić information content (AvgIpc) is 2.16. The number of rotatable bonds is 3. The summed E-state index contributed by atoms with van der Waals surface area (Å²) < 4.78 is 5.03. The molecule has 0 aromatic heterocycles. The summed E-state index contributed by atoms with van der Waals surface area (Å²) in [5.74, 6) is 0.788. The fourth-order valence-electron chi connectivity index (χ4n) is 1.05. The number of aliphatic hydroxyl groups is 1. The second kappa shape index (κ2) is 3.97. The van der Waals surface area contributed by atoms with Crippen molar-refractivity contribution in [2.45, 2.75) is 6.61 Å². The first-order valence-electron chi connectivity index (χ1n) is 3.77. The van der Waals surface area contributed by atoms with Crippen LogP contribution in [0.1, 0.15) is 5.56 Å². The number of benzene rings is 1. The molecule has 1 aromatic carbocycles. The molecule has 0 aliphatic heterocycles. The van der Waals surface area contributed by atoms with Gasteiger partial charge in [0.1, 0.15) is 5.75 Å². The number of anilines is 1. The number of hydrogen-bond acceptors (Lipinski definition) is 3. The van der Waals surface area contributed by atoms with Gasteiger partial charge in [0.2, 0.25) is 0 Å². The Kier molecular flexibility index (Phi) is 2.94. The molecule has 3 heteroatoms. The fourth-order valence-corrected chi connectivity index (χ4v) is 1.05. The summed E-state index contributed by atoms with van der Waals surface area (Å²) in [6.45, 7) is 0.0418. The molecule has 12 heavy (non-hydrogen) atoms. The van der Waals surface area contributed by atoms with Crippen molar-refractivity contribution in [2.75, 3.05) is 19.5 Å². The highest BCUT2D eigenvalue weighted by Crippen LogP contribution is 2.21. The van der Waals surface area contributed by atoms with Gasteiger partial charge >= 0.3 is 0 Å². The molecule has 0 atom stereocenters. The third kappa shape index (κ3) is 1.68. The zero-order chi connectivity index (χ0) is 8.97. The molecule has 0 radical (unpaired) electrons. The Balaban J connectivity index is 3.02. The van der Waals surface area contributed by atoms with Crippen molar-refractivity contribution in [3.05, 3.63) is 23.8 Å². The maximum absolute atomic E-state index is 8.93. The van der Waals surface area contributed by atoms with E-state index in [1.807, 2.05) is 25.2 Å². The monoisotopic (exact) mass is 167 g/mol. The van der Waals surface area contributed by atoms with Crippen LogP contribution in [0.4, 0.5) is 5.69 Å². The summed E-state index contributed by atoms with van der Waals surface area (Å²) >= 11 is 0. The molecule has 3 nitrogen and oxygen atoms in total. The zero-order valence-corrected chi connectivity index (χ0v) is 7.29. The van der Waals surface area contributed by atoms with Crippen LogP contribution < -0.4 is 10.1 Å². The minimum atomic E-state index is 0.0418. The van der Waals surface area contributed by atoms with Gasteiger partial charge in [-0.3, -0.25) is 0 Å². The minimum Gasteiger partial charge on any atom is -0.497 e. The minimum absolute atomic E-state index is 0.0418. The highest BCUT2D eigenvalue weighted by atomic mass is 16.5. The van der Waals surface area contributed by atoms with Crippen LogP contribution >= 0.6 is 0 Å². The molecule has 0 amide bonds. The summed E-state index contributed by atoms with van der Waals surface area (Å²) in [5, 5.41) is 11.9. The number of nitrogens with one attached hydrogen (secondary N) is 1. The van der Waals surface area contributed by atoms with E-state index in [9.17, 15) is 0 Å². The standard InChI is InChI=1S/C9H13NO2/c1-10-9-5-8(12-2)4-3-7(9)6-11/h3-5,10-11H,6H2,1-2H3. The molecule has 0 aliphatic rings. The van der Waals surface area contributed by atoms with Crippen molar-refractivity contribution in [3.63, 3.8) is 0 Å². The van der Waals surface area contributed by atoms with Crippen LogP contribution in [0.5, 0.6) is 5.75 Å². The largest absolute Gasteiger partial charge is 0.497 e. The van der Waals surface area contributed by atoms with Crippen molar-refractivity contribution in [1.29, 1.82) is 0 Å². The van der Waals surface area contributed by atoms with Gasteiger partial charge in [-0.25, -0.2) is 0 Å². The summed E-state index contributed by atoms with van der Waals surface area (Å²) in [5.41, 5.74) is 1.77. The molecule has 0 bridgehead atoms. The van der Waals surface area contributed by atoms with Crippen LogP contribution in [0.15, 0.2) is 18.2 Å². The van der Waals surface area contributed by atoms with E-state index in [2.05, 4.69) is 5.32 Å². The molecule has 0 aliphatic carbocycles. The molecule has 0 fully saturated rings. The Hall–Kier alpha value is -1.22. The quantitative estimate of drug-likeness (QED) is 0.711. The first-order chi connectivity index (χ1) is 5.81. The van der Waals surface area contributed by atoms with Crippen LogP contribution in [0.2, 0.25) is 0 Å². The van der Waals surface area contributed by atoms with Gasteiger partial charge in [0.05, 0.1) is 13.7 Å². The molecule has 0 heterocycles. The predicted octanol–water partition coefficient (Wildman–Crippen LogP) is 1.23. The van der Waals surface area contributed by atoms with Gasteiger partial charge in [0, 0.05) is 24.4 Å². The molecular weight excluding hydrogens is 154 g/mol. The average molecular weight is 167 g/mol. The molecule has 0 spiro atoms. The van der Waals surface area contributed by atoms with Gasteiger partial charge in [-0.05, 0) is 6.07 Å². The molecule has 1 rings (SSSR count). The van der Waals surface area contributed by atoms with Crippen LogP contribution in [-0.4, -0.2) is 19.3 Å². The Bertz CT molecular complexity index is 261. The van der Waals surface area contributed by atoms with Crippen molar-refractivity contribution in [1.82, 2.24) is 0 Å². The highest BCUT2D eigenvalue weighted by Gasteiger charge is 2.00. The molecule has 66 valence electrons. The van der Waals surface area contributed by atoms with Crippen molar-refractivity contribution in [3.8, 4) is 5.75 Å². The number of hydrogen-bond donors (Lipinski definition) is 2. The summed E-state index contributed by atoms with van der Waals surface area (Å²) in [4.78, 5) is 0. The summed E-state index contributed by atoms with van der Waals surface area (Å²) in [6, 6.07) is 5.52. The lowest BCUT2D eigenvalue weighted by atomic mass is 10.2. The topological polar surface area (TPSA) is 41.5 Å². The van der Waals surface area contributed by atoms with E-state index in [1.54, 1.807) is 7.11 Å². The first kappa shape index (κ1) is 8.87. The Morgan fingerprint density at radius 3 is 2.75 bits per heavy atom. The Labute approximate surface area is 72.0 Å². The van der Waals surface area contributed by atoms with E-state index in [4.69, 9.17) is 9.84 Å². The van der Waals surface area contributed by atoms with Gasteiger partial charge in [-0.2, -0.15) is 0 Å². The smallest absolute Gasteiger partial charge is 0.120 e. The van der Waals surface area contributed by atoms with E-state index >= 15 is 0 Å². The van der Waals surface area contributed by atoms with Gasteiger partial charge in [-0.15, -0.1) is 0 Å². The van der Waals surface area contributed by atoms with Crippen LogP contribution in [0, 0.1) is 0 Å². The first-order valence-corrected chi connectivity index (χ1v) is 3.77. The van der Waals surface area contributed by atoms with Crippen molar-refractivity contribution in [2.24, 2.45) is 0 Å². The molecule has 0 unspecified atom stereocenters.